The second-order valence-electron chi connectivity index (χ2n) is 10.4. The van der Waals surface area contributed by atoms with E-state index in [0.29, 0.717) is 31.0 Å². The van der Waals surface area contributed by atoms with Gasteiger partial charge in [0.1, 0.15) is 6.61 Å². The van der Waals surface area contributed by atoms with Gasteiger partial charge < -0.3 is 14.5 Å². The van der Waals surface area contributed by atoms with Crippen LogP contribution in [0.4, 0.5) is 11.4 Å². The van der Waals surface area contributed by atoms with Gasteiger partial charge in [-0.15, -0.1) is 0 Å². The van der Waals surface area contributed by atoms with Gasteiger partial charge in [-0.1, -0.05) is 51.1 Å². The molecule has 0 bridgehead atoms. The van der Waals surface area contributed by atoms with Crippen LogP contribution in [0.1, 0.15) is 45.7 Å². The van der Waals surface area contributed by atoms with Crippen molar-refractivity contribution in [3.05, 3.63) is 65.4 Å². The van der Waals surface area contributed by atoms with E-state index in [1.165, 1.54) is 5.56 Å². The standard InChI is InChI=1S/C28H37N3O2/c1-20-18-30(19-21(2)29(20)6)25-10-8-7-9-22(25)17-26-27(32)31(15-16-33-26)24-13-11-23(12-14-24)28(3,4)5/h7-14,17,20-21H,15-16,18-19H2,1-6H3/b26-17-. The smallest absolute Gasteiger partial charge is 0.293 e. The van der Waals surface area contributed by atoms with E-state index in [1.807, 2.05) is 29.2 Å². The first kappa shape index (κ1) is 23.4. The lowest BCUT2D eigenvalue weighted by atomic mass is 9.87. The Morgan fingerprint density at radius 3 is 2.24 bits per heavy atom. The van der Waals surface area contributed by atoms with Crippen LogP contribution in [0, 0.1) is 0 Å². The molecule has 2 unspecified atom stereocenters. The maximum Gasteiger partial charge on any atom is 0.293 e. The predicted molar refractivity (Wildman–Crippen MR) is 137 cm³/mol. The fraction of sp³-hybridized carbons (Fsp3) is 0.464. The minimum Gasteiger partial charge on any atom is -0.486 e. The van der Waals surface area contributed by atoms with Crippen molar-refractivity contribution in [1.82, 2.24) is 4.90 Å². The molecule has 33 heavy (non-hydrogen) atoms. The van der Waals surface area contributed by atoms with Gasteiger partial charge in [-0.25, -0.2) is 0 Å². The molecule has 2 heterocycles. The first-order valence-corrected chi connectivity index (χ1v) is 12.0. The fourth-order valence-corrected chi connectivity index (χ4v) is 4.67. The lowest BCUT2D eigenvalue weighted by molar-refractivity contribution is -0.120. The molecular weight excluding hydrogens is 410 g/mol. The van der Waals surface area contributed by atoms with Crippen molar-refractivity contribution in [3.8, 4) is 0 Å². The summed E-state index contributed by atoms with van der Waals surface area (Å²) in [5.74, 6) is 0.323. The van der Waals surface area contributed by atoms with E-state index in [-0.39, 0.29) is 11.3 Å². The van der Waals surface area contributed by atoms with Crippen LogP contribution < -0.4 is 9.80 Å². The summed E-state index contributed by atoms with van der Waals surface area (Å²) in [5.41, 5.74) is 4.43. The summed E-state index contributed by atoms with van der Waals surface area (Å²) in [7, 11) is 2.19. The third-order valence-corrected chi connectivity index (χ3v) is 7.00. The summed E-state index contributed by atoms with van der Waals surface area (Å²) in [6.07, 6.45) is 1.92. The molecule has 0 saturated carbocycles. The summed E-state index contributed by atoms with van der Waals surface area (Å²) in [5, 5.41) is 0. The molecule has 2 aromatic carbocycles. The van der Waals surface area contributed by atoms with Crippen LogP contribution in [-0.4, -0.2) is 56.2 Å². The van der Waals surface area contributed by atoms with Crippen molar-refractivity contribution >= 4 is 23.4 Å². The Hall–Kier alpha value is -2.79. The molecule has 176 valence electrons. The minimum absolute atomic E-state index is 0.0836. The van der Waals surface area contributed by atoms with Crippen LogP contribution >= 0.6 is 0 Å². The van der Waals surface area contributed by atoms with Crippen LogP contribution in [-0.2, 0) is 14.9 Å². The van der Waals surface area contributed by atoms with Crippen molar-refractivity contribution in [2.24, 2.45) is 0 Å². The second kappa shape index (κ2) is 9.22. The number of hydrogen-bond acceptors (Lipinski definition) is 4. The van der Waals surface area contributed by atoms with Gasteiger partial charge in [0.05, 0.1) is 6.54 Å². The lowest BCUT2D eigenvalue weighted by Gasteiger charge is -2.44. The molecule has 2 aliphatic rings. The number of hydrogen-bond donors (Lipinski definition) is 0. The van der Waals surface area contributed by atoms with Crippen molar-refractivity contribution in [2.45, 2.75) is 52.1 Å². The predicted octanol–water partition coefficient (Wildman–Crippen LogP) is 4.92. The highest BCUT2D eigenvalue weighted by atomic mass is 16.5. The summed E-state index contributed by atoms with van der Waals surface area (Å²) in [6.45, 7) is 14.1. The van der Waals surface area contributed by atoms with Gasteiger partial charge in [0, 0.05) is 42.1 Å². The third kappa shape index (κ3) is 4.93. The Morgan fingerprint density at radius 1 is 0.970 bits per heavy atom. The number of anilines is 2. The number of amides is 1. The van der Waals surface area contributed by atoms with Gasteiger partial charge in [0.15, 0.2) is 5.76 Å². The number of likely N-dealkylation sites (N-methyl/N-ethyl adjacent to an activating group) is 1. The largest absolute Gasteiger partial charge is 0.486 e. The Labute approximate surface area is 198 Å². The van der Waals surface area contributed by atoms with Gasteiger partial charge in [-0.05, 0) is 56.1 Å². The zero-order valence-corrected chi connectivity index (χ0v) is 20.8. The summed E-state index contributed by atoms with van der Waals surface area (Å²) < 4.78 is 5.87. The number of carbonyl (C=O) groups excluding carboxylic acids is 1. The molecule has 0 aromatic heterocycles. The van der Waals surface area contributed by atoms with Gasteiger partial charge in [0.25, 0.3) is 5.91 Å². The van der Waals surface area contributed by atoms with Gasteiger partial charge in [-0.2, -0.15) is 0 Å². The fourth-order valence-electron chi connectivity index (χ4n) is 4.67. The van der Waals surface area contributed by atoms with E-state index in [9.17, 15) is 4.79 Å². The molecule has 4 rings (SSSR count). The van der Waals surface area contributed by atoms with E-state index in [0.717, 1.165) is 30.0 Å². The van der Waals surface area contributed by atoms with Crippen molar-refractivity contribution < 1.29 is 9.53 Å². The quantitative estimate of drug-likeness (QED) is 0.626. The molecule has 0 spiro atoms. The zero-order chi connectivity index (χ0) is 23.8. The Bertz CT molecular complexity index is 1010. The number of nitrogens with zero attached hydrogens (tertiary/aromatic N) is 3. The highest BCUT2D eigenvalue weighted by molar-refractivity contribution is 6.07. The molecule has 1 amide bonds. The SMILES string of the molecule is CC1CN(c2ccccc2/C=C2\OCCN(c3ccc(C(C)(C)C)cc3)C2=O)CC(C)N1C. The average Bonchev–Trinajstić information content (AvgIpc) is 2.78. The molecule has 2 atom stereocenters. The monoisotopic (exact) mass is 447 g/mol. The number of benzene rings is 2. The van der Waals surface area contributed by atoms with Crippen LogP contribution in [0.5, 0.6) is 0 Å². The molecule has 2 aliphatic heterocycles. The van der Waals surface area contributed by atoms with Gasteiger partial charge >= 0.3 is 0 Å². The van der Waals surface area contributed by atoms with E-state index in [4.69, 9.17) is 4.74 Å². The van der Waals surface area contributed by atoms with Gasteiger partial charge in [0.2, 0.25) is 0 Å². The molecule has 0 N–H and O–H groups in total. The maximum absolute atomic E-state index is 13.4. The van der Waals surface area contributed by atoms with Gasteiger partial charge in [-0.3, -0.25) is 9.69 Å². The van der Waals surface area contributed by atoms with E-state index >= 15 is 0 Å². The van der Waals surface area contributed by atoms with Crippen LogP contribution in [0.2, 0.25) is 0 Å². The number of carbonyl (C=O) groups is 1. The van der Waals surface area contributed by atoms with Crippen LogP contribution in [0.15, 0.2) is 54.3 Å². The molecule has 2 fully saturated rings. The Kier molecular flexibility index (Phi) is 6.53. The number of morpholine rings is 1. The topological polar surface area (TPSA) is 36.0 Å². The van der Waals surface area contributed by atoms with E-state index in [1.54, 1.807) is 0 Å². The van der Waals surface area contributed by atoms with E-state index < -0.39 is 0 Å². The maximum atomic E-state index is 13.4. The summed E-state index contributed by atoms with van der Waals surface area (Å²) in [4.78, 5) is 20.0. The zero-order valence-electron chi connectivity index (χ0n) is 20.8. The first-order valence-electron chi connectivity index (χ1n) is 12.0. The van der Waals surface area contributed by atoms with Crippen molar-refractivity contribution in [3.63, 3.8) is 0 Å². The van der Waals surface area contributed by atoms with Crippen LogP contribution in [0.3, 0.4) is 0 Å². The first-order chi connectivity index (χ1) is 15.6. The molecule has 5 nitrogen and oxygen atoms in total. The Balaban J connectivity index is 1.59. The molecule has 2 saturated heterocycles. The normalized spacial score (nSPS) is 23.7. The number of rotatable bonds is 3. The second-order valence-corrected chi connectivity index (χ2v) is 10.4. The molecule has 0 radical (unpaired) electrons. The highest BCUT2D eigenvalue weighted by Gasteiger charge is 2.29. The van der Waals surface area contributed by atoms with Crippen molar-refractivity contribution in [1.29, 1.82) is 0 Å². The third-order valence-electron chi connectivity index (χ3n) is 7.00. The highest BCUT2D eigenvalue weighted by Crippen LogP contribution is 2.30. The molecule has 0 aliphatic carbocycles. The Morgan fingerprint density at radius 2 is 1.61 bits per heavy atom. The van der Waals surface area contributed by atoms with Crippen LogP contribution in [0.25, 0.3) is 6.08 Å². The number of ether oxygens (including phenoxy) is 1. The number of piperazine rings is 1. The average molecular weight is 448 g/mol. The molecule has 2 aromatic rings. The van der Waals surface area contributed by atoms with Crippen molar-refractivity contribution in [2.75, 3.05) is 43.1 Å². The molecule has 5 heteroatoms. The lowest BCUT2D eigenvalue weighted by Crippen LogP contribution is -2.55. The summed E-state index contributed by atoms with van der Waals surface area (Å²) >= 11 is 0. The molecular formula is C28H37N3O2. The minimum atomic E-state index is -0.0836. The summed E-state index contributed by atoms with van der Waals surface area (Å²) in [6, 6.07) is 17.6. The van der Waals surface area contributed by atoms with E-state index in [2.05, 4.69) is 81.8 Å². The number of para-hydroxylation sites is 1.